The monoisotopic (exact) mass is 321 g/mol. The van der Waals surface area contributed by atoms with Gasteiger partial charge in [-0.3, -0.25) is 4.79 Å². The average molecular weight is 322 g/mol. The zero-order chi connectivity index (χ0) is 14.5. The molecule has 1 aromatic heterocycles. The van der Waals surface area contributed by atoms with Gasteiger partial charge in [0.2, 0.25) is 5.91 Å². The Bertz CT molecular complexity index is 605. The van der Waals surface area contributed by atoms with E-state index in [2.05, 4.69) is 33.8 Å². The fraction of sp³-hybridized carbons (Fsp3) is 0.471. The van der Waals surface area contributed by atoms with Gasteiger partial charge in [0.1, 0.15) is 0 Å². The van der Waals surface area contributed by atoms with Crippen LogP contribution in [-0.2, 0) is 11.2 Å². The maximum absolute atomic E-state index is 12.0. The molecule has 0 bridgehead atoms. The van der Waals surface area contributed by atoms with Crippen molar-refractivity contribution in [1.82, 2.24) is 15.6 Å². The van der Waals surface area contributed by atoms with Crippen LogP contribution in [0, 0.1) is 5.92 Å². The first-order valence-electron chi connectivity index (χ1n) is 7.85. The molecule has 1 saturated heterocycles. The van der Waals surface area contributed by atoms with Crippen molar-refractivity contribution in [1.29, 1.82) is 0 Å². The molecule has 0 spiro atoms. The van der Waals surface area contributed by atoms with E-state index in [1.54, 1.807) is 0 Å². The summed E-state index contributed by atoms with van der Waals surface area (Å²) in [6.07, 6.45) is 5.84. The zero-order valence-electron chi connectivity index (χ0n) is 12.7. The van der Waals surface area contributed by atoms with E-state index in [9.17, 15) is 4.79 Å². The Kier molecular flexibility index (Phi) is 6.28. The van der Waals surface area contributed by atoms with Crippen molar-refractivity contribution in [3.63, 3.8) is 0 Å². The molecule has 0 saturated carbocycles. The largest absolute Gasteiger partial charge is 0.361 e. The van der Waals surface area contributed by atoms with Gasteiger partial charge in [0.25, 0.3) is 0 Å². The lowest BCUT2D eigenvalue weighted by Gasteiger charge is -2.21. The smallest absolute Gasteiger partial charge is 0.220 e. The second kappa shape index (κ2) is 8.20. The van der Waals surface area contributed by atoms with Crippen LogP contribution < -0.4 is 10.6 Å². The number of carbonyl (C=O) groups excluding carboxylic acids is 1. The standard InChI is InChI=1S/C17H23N3O.ClH/c21-17(11-13-5-8-18-9-6-13)19-10-7-14-12-20-16-4-2-1-3-15(14)16;/h1-4,12-13,18,20H,5-11H2,(H,19,21);1H. The lowest BCUT2D eigenvalue weighted by molar-refractivity contribution is -0.122. The molecule has 1 aliphatic rings. The normalized spacial score (nSPS) is 15.5. The molecule has 1 fully saturated rings. The summed E-state index contributed by atoms with van der Waals surface area (Å²) >= 11 is 0. The van der Waals surface area contributed by atoms with Crippen LogP contribution in [0.4, 0.5) is 0 Å². The fourth-order valence-electron chi connectivity index (χ4n) is 3.10. The number of halogens is 1. The molecule has 0 unspecified atom stereocenters. The zero-order valence-corrected chi connectivity index (χ0v) is 13.5. The van der Waals surface area contributed by atoms with Crippen LogP contribution in [0.1, 0.15) is 24.8 Å². The Morgan fingerprint density at radius 2 is 2.00 bits per heavy atom. The first kappa shape index (κ1) is 16.8. The number of carbonyl (C=O) groups is 1. The molecule has 1 aliphatic heterocycles. The number of piperidine rings is 1. The van der Waals surface area contributed by atoms with E-state index in [-0.39, 0.29) is 18.3 Å². The molecule has 5 heteroatoms. The first-order chi connectivity index (χ1) is 10.3. The van der Waals surface area contributed by atoms with Crippen molar-refractivity contribution in [3.05, 3.63) is 36.0 Å². The number of aromatic amines is 1. The molecule has 22 heavy (non-hydrogen) atoms. The molecule has 1 amide bonds. The molecule has 3 rings (SSSR count). The second-order valence-electron chi connectivity index (χ2n) is 5.86. The topological polar surface area (TPSA) is 56.9 Å². The number of para-hydroxylation sites is 1. The number of H-pyrrole nitrogens is 1. The van der Waals surface area contributed by atoms with Gasteiger partial charge >= 0.3 is 0 Å². The van der Waals surface area contributed by atoms with Crippen LogP contribution in [0.25, 0.3) is 10.9 Å². The van der Waals surface area contributed by atoms with E-state index in [1.165, 1.54) is 10.9 Å². The van der Waals surface area contributed by atoms with Crippen LogP contribution in [0.2, 0.25) is 0 Å². The van der Waals surface area contributed by atoms with Gasteiger partial charge in [0.05, 0.1) is 0 Å². The van der Waals surface area contributed by atoms with E-state index in [1.807, 2.05) is 12.3 Å². The van der Waals surface area contributed by atoms with Gasteiger partial charge in [0.15, 0.2) is 0 Å². The van der Waals surface area contributed by atoms with Crippen LogP contribution in [0.5, 0.6) is 0 Å². The fourth-order valence-corrected chi connectivity index (χ4v) is 3.10. The summed E-state index contributed by atoms with van der Waals surface area (Å²) in [5.74, 6) is 0.751. The number of hydrogen-bond acceptors (Lipinski definition) is 2. The molecule has 4 nitrogen and oxygen atoms in total. The van der Waals surface area contributed by atoms with E-state index in [0.29, 0.717) is 18.9 Å². The highest BCUT2D eigenvalue weighted by molar-refractivity contribution is 5.85. The average Bonchev–Trinajstić information content (AvgIpc) is 2.92. The first-order valence-corrected chi connectivity index (χ1v) is 7.85. The summed E-state index contributed by atoms with van der Waals surface area (Å²) in [6.45, 7) is 2.81. The number of rotatable bonds is 5. The highest BCUT2D eigenvalue weighted by Crippen LogP contribution is 2.18. The predicted molar refractivity (Wildman–Crippen MR) is 92.5 cm³/mol. The minimum atomic E-state index is 0. The van der Waals surface area contributed by atoms with E-state index in [0.717, 1.165) is 37.9 Å². The maximum Gasteiger partial charge on any atom is 0.220 e. The van der Waals surface area contributed by atoms with Crippen molar-refractivity contribution in [3.8, 4) is 0 Å². The molecule has 1 aromatic carbocycles. The van der Waals surface area contributed by atoms with Crippen molar-refractivity contribution < 1.29 is 4.79 Å². The van der Waals surface area contributed by atoms with E-state index >= 15 is 0 Å². The molecular formula is C17H24ClN3O. The van der Waals surface area contributed by atoms with E-state index < -0.39 is 0 Å². The molecule has 0 atom stereocenters. The van der Waals surface area contributed by atoms with Gasteiger partial charge in [-0.15, -0.1) is 12.4 Å². The summed E-state index contributed by atoms with van der Waals surface area (Å²) in [7, 11) is 0. The SMILES string of the molecule is Cl.O=C(CC1CCNCC1)NCCc1c[nH]c2ccccc12. The molecule has 120 valence electrons. The second-order valence-corrected chi connectivity index (χ2v) is 5.86. The van der Waals surface area contributed by atoms with Gasteiger partial charge in [0, 0.05) is 30.1 Å². The predicted octanol–water partition coefficient (Wildman–Crippen LogP) is 2.64. The van der Waals surface area contributed by atoms with Crippen molar-refractivity contribution in [2.45, 2.75) is 25.7 Å². The Morgan fingerprint density at radius 1 is 1.23 bits per heavy atom. The quantitative estimate of drug-likeness (QED) is 0.793. The minimum Gasteiger partial charge on any atom is -0.361 e. The van der Waals surface area contributed by atoms with Crippen molar-refractivity contribution >= 4 is 29.2 Å². The number of amides is 1. The summed E-state index contributed by atoms with van der Waals surface area (Å²) in [5.41, 5.74) is 2.43. The number of benzene rings is 1. The van der Waals surface area contributed by atoms with Crippen molar-refractivity contribution in [2.75, 3.05) is 19.6 Å². The summed E-state index contributed by atoms with van der Waals surface area (Å²) in [4.78, 5) is 15.2. The molecule has 2 heterocycles. The Morgan fingerprint density at radius 3 is 2.82 bits per heavy atom. The summed E-state index contributed by atoms with van der Waals surface area (Å²) < 4.78 is 0. The van der Waals surface area contributed by atoms with Crippen LogP contribution in [0.3, 0.4) is 0 Å². The molecule has 3 N–H and O–H groups in total. The van der Waals surface area contributed by atoms with Gasteiger partial charge < -0.3 is 15.6 Å². The minimum absolute atomic E-state index is 0. The molecular weight excluding hydrogens is 298 g/mol. The van der Waals surface area contributed by atoms with Crippen LogP contribution in [0.15, 0.2) is 30.5 Å². The van der Waals surface area contributed by atoms with E-state index in [4.69, 9.17) is 0 Å². The number of fused-ring (bicyclic) bond motifs is 1. The Balaban J connectivity index is 0.00000176. The van der Waals surface area contributed by atoms with Gasteiger partial charge in [-0.25, -0.2) is 0 Å². The van der Waals surface area contributed by atoms with Crippen LogP contribution in [-0.4, -0.2) is 30.5 Å². The molecule has 0 radical (unpaired) electrons. The third-order valence-electron chi connectivity index (χ3n) is 4.32. The number of aromatic nitrogens is 1. The van der Waals surface area contributed by atoms with Crippen LogP contribution >= 0.6 is 12.4 Å². The highest BCUT2D eigenvalue weighted by atomic mass is 35.5. The number of nitrogens with one attached hydrogen (secondary N) is 3. The lowest BCUT2D eigenvalue weighted by atomic mass is 9.94. The van der Waals surface area contributed by atoms with Gasteiger partial charge in [-0.05, 0) is 49.9 Å². The van der Waals surface area contributed by atoms with Gasteiger partial charge in [-0.1, -0.05) is 18.2 Å². The lowest BCUT2D eigenvalue weighted by Crippen LogP contribution is -2.32. The Hall–Kier alpha value is -1.52. The molecule has 2 aromatic rings. The summed E-state index contributed by atoms with van der Waals surface area (Å²) in [5, 5.41) is 7.65. The summed E-state index contributed by atoms with van der Waals surface area (Å²) in [6, 6.07) is 8.28. The Labute approximate surface area is 137 Å². The van der Waals surface area contributed by atoms with Gasteiger partial charge in [-0.2, -0.15) is 0 Å². The number of hydrogen-bond donors (Lipinski definition) is 3. The van der Waals surface area contributed by atoms with Crippen molar-refractivity contribution in [2.24, 2.45) is 5.92 Å². The highest BCUT2D eigenvalue weighted by Gasteiger charge is 2.16. The maximum atomic E-state index is 12.0. The molecule has 0 aliphatic carbocycles. The third-order valence-corrected chi connectivity index (χ3v) is 4.32. The third kappa shape index (κ3) is 4.24.